The number of esters is 1. The van der Waals surface area contributed by atoms with Crippen molar-refractivity contribution in [3.63, 3.8) is 0 Å². The smallest absolute Gasteiger partial charge is 0.338 e. The average molecular weight is 379 g/mol. The first kappa shape index (κ1) is 18.2. The number of hydrogen-bond acceptors (Lipinski definition) is 5. The van der Waals surface area contributed by atoms with Crippen molar-refractivity contribution < 1.29 is 19.1 Å². The van der Waals surface area contributed by atoms with E-state index in [-0.39, 0.29) is 12.5 Å². The van der Waals surface area contributed by atoms with Crippen LogP contribution in [0.4, 0.5) is 0 Å². The highest BCUT2D eigenvalue weighted by Crippen LogP contribution is 2.22. The highest BCUT2D eigenvalue weighted by Gasteiger charge is 2.19. The van der Waals surface area contributed by atoms with Crippen LogP contribution in [0.3, 0.4) is 0 Å². The van der Waals surface area contributed by atoms with Gasteiger partial charge >= 0.3 is 5.97 Å². The summed E-state index contributed by atoms with van der Waals surface area (Å²) in [6.45, 7) is 3.73. The molecule has 0 bridgehead atoms. The van der Waals surface area contributed by atoms with E-state index in [2.05, 4.69) is 4.98 Å². The van der Waals surface area contributed by atoms with E-state index in [0.717, 1.165) is 17.0 Å². The molecule has 0 N–H and O–H groups in total. The Morgan fingerprint density at radius 1 is 1.11 bits per heavy atom. The summed E-state index contributed by atoms with van der Waals surface area (Å²) in [6, 6.07) is 15.2. The molecular weight excluding hydrogens is 358 g/mol. The maximum Gasteiger partial charge on any atom is 0.338 e. The third kappa shape index (κ3) is 3.61. The van der Waals surface area contributed by atoms with Gasteiger partial charge in [-0.1, -0.05) is 18.2 Å². The zero-order valence-corrected chi connectivity index (χ0v) is 15.6. The predicted molar refractivity (Wildman–Crippen MR) is 103 cm³/mol. The molecule has 1 aromatic heterocycles. The largest absolute Gasteiger partial charge is 0.452 e. The molecule has 0 atom stereocenters. The number of morpholine rings is 1. The monoisotopic (exact) mass is 379 g/mol. The van der Waals surface area contributed by atoms with Crippen LogP contribution in [0.15, 0.2) is 48.5 Å². The van der Waals surface area contributed by atoms with Crippen LogP contribution in [0.5, 0.6) is 0 Å². The first-order valence-corrected chi connectivity index (χ1v) is 9.20. The molecule has 144 valence electrons. The van der Waals surface area contributed by atoms with E-state index in [9.17, 15) is 9.59 Å². The quantitative estimate of drug-likeness (QED) is 0.651. The molecule has 0 spiro atoms. The fraction of sp³-hybridized carbons (Fsp3) is 0.286. The van der Waals surface area contributed by atoms with Crippen molar-refractivity contribution in [1.82, 2.24) is 14.5 Å². The predicted octanol–water partition coefficient (Wildman–Crippen LogP) is 2.35. The second-order valence-corrected chi connectivity index (χ2v) is 6.60. The minimum atomic E-state index is -0.532. The molecule has 2 aromatic carbocycles. The zero-order valence-electron chi connectivity index (χ0n) is 15.6. The molecule has 28 heavy (non-hydrogen) atoms. The number of carbonyl (C=O) groups is 2. The number of para-hydroxylation sites is 1. The van der Waals surface area contributed by atoms with E-state index in [4.69, 9.17) is 9.47 Å². The van der Waals surface area contributed by atoms with Crippen LogP contribution in [0.2, 0.25) is 0 Å². The normalized spacial score (nSPS) is 14.2. The number of ether oxygens (including phenoxy) is 2. The average Bonchev–Trinajstić information content (AvgIpc) is 3.07. The minimum absolute atomic E-state index is 0.207. The van der Waals surface area contributed by atoms with Crippen LogP contribution < -0.4 is 0 Å². The summed E-state index contributed by atoms with van der Waals surface area (Å²) in [5, 5.41) is 0. The molecule has 1 amide bonds. The van der Waals surface area contributed by atoms with E-state index in [1.807, 2.05) is 47.9 Å². The molecule has 1 fully saturated rings. The van der Waals surface area contributed by atoms with Crippen molar-refractivity contribution in [3.05, 3.63) is 59.9 Å². The Hall–Kier alpha value is -3.19. The number of aryl methyl sites for hydroxylation is 1. The summed E-state index contributed by atoms with van der Waals surface area (Å²) in [5.74, 6) is 0.0894. The lowest BCUT2D eigenvalue weighted by Gasteiger charge is -2.26. The van der Waals surface area contributed by atoms with Gasteiger partial charge in [-0.05, 0) is 37.3 Å². The molecule has 2 heterocycles. The maximum atomic E-state index is 12.4. The molecule has 0 radical (unpaired) electrons. The van der Waals surface area contributed by atoms with E-state index >= 15 is 0 Å². The zero-order chi connectivity index (χ0) is 19.5. The summed E-state index contributed by atoms with van der Waals surface area (Å²) >= 11 is 0. The third-order valence-electron chi connectivity index (χ3n) is 4.76. The van der Waals surface area contributed by atoms with Gasteiger partial charge in [-0.15, -0.1) is 0 Å². The summed E-state index contributed by atoms with van der Waals surface area (Å²) in [6.07, 6.45) is 0. The van der Waals surface area contributed by atoms with Gasteiger partial charge in [0.25, 0.3) is 5.91 Å². The Balaban J connectivity index is 1.50. The topological polar surface area (TPSA) is 73.7 Å². The molecule has 0 saturated carbocycles. The number of rotatable bonds is 4. The van der Waals surface area contributed by atoms with Gasteiger partial charge in [-0.2, -0.15) is 0 Å². The molecule has 1 aliphatic heterocycles. The van der Waals surface area contributed by atoms with Gasteiger partial charge in [-0.3, -0.25) is 9.36 Å². The van der Waals surface area contributed by atoms with Gasteiger partial charge < -0.3 is 14.4 Å². The first-order chi connectivity index (χ1) is 13.6. The molecular formula is C21H21N3O4. The maximum absolute atomic E-state index is 12.4. The minimum Gasteiger partial charge on any atom is -0.452 e. The van der Waals surface area contributed by atoms with Crippen LogP contribution in [0, 0.1) is 6.92 Å². The van der Waals surface area contributed by atoms with Gasteiger partial charge in [0.2, 0.25) is 0 Å². The summed E-state index contributed by atoms with van der Waals surface area (Å²) in [4.78, 5) is 30.7. The van der Waals surface area contributed by atoms with Crippen molar-refractivity contribution in [2.45, 2.75) is 6.92 Å². The third-order valence-corrected chi connectivity index (χ3v) is 4.76. The number of carbonyl (C=O) groups excluding carboxylic acids is 2. The number of imidazole rings is 1. The lowest BCUT2D eigenvalue weighted by Crippen LogP contribution is -2.42. The molecule has 4 rings (SSSR count). The molecule has 3 aromatic rings. The second-order valence-electron chi connectivity index (χ2n) is 6.60. The van der Waals surface area contributed by atoms with Gasteiger partial charge in [0, 0.05) is 18.8 Å². The van der Waals surface area contributed by atoms with E-state index in [0.29, 0.717) is 37.4 Å². The fourth-order valence-corrected chi connectivity index (χ4v) is 3.35. The second kappa shape index (κ2) is 7.82. The Labute approximate surface area is 162 Å². The standard InChI is InChI=1S/C21H21N3O4/c1-15-22-18-13-16(7-8-19(18)24(15)17-5-3-2-4-6-17)21(26)28-14-20(25)23-9-11-27-12-10-23/h2-8,13H,9-12,14H2,1H3. The number of aromatic nitrogens is 2. The Bertz CT molecular complexity index is 1010. The number of amides is 1. The van der Waals surface area contributed by atoms with Crippen LogP contribution in [-0.4, -0.2) is 59.2 Å². The van der Waals surface area contributed by atoms with Crippen molar-refractivity contribution in [2.75, 3.05) is 32.9 Å². The van der Waals surface area contributed by atoms with Crippen molar-refractivity contribution in [3.8, 4) is 5.69 Å². The Morgan fingerprint density at radius 3 is 2.61 bits per heavy atom. The van der Waals surface area contributed by atoms with Crippen molar-refractivity contribution in [2.24, 2.45) is 0 Å². The number of nitrogens with zero attached hydrogens (tertiary/aromatic N) is 3. The van der Waals surface area contributed by atoms with E-state index in [1.165, 1.54) is 0 Å². The van der Waals surface area contributed by atoms with E-state index < -0.39 is 5.97 Å². The number of fused-ring (bicyclic) bond motifs is 1. The number of benzene rings is 2. The highest BCUT2D eigenvalue weighted by atomic mass is 16.5. The van der Waals surface area contributed by atoms with Gasteiger partial charge in [0.05, 0.1) is 29.8 Å². The lowest BCUT2D eigenvalue weighted by molar-refractivity contribution is -0.138. The Morgan fingerprint density at radius 2 is 1.86 bits per heavy atom. The van der Waals surface area contributed by atoms with Gasteiger partial charge in [-0.25, -0.2) is 9.78 Å². The summed E-state index contributed by atoms with van der Waals surface area (Å²) < 4.78 is 12.5. The molecule has 0 aliphatic carbocycles. The first-order valence-electron chi connectivity index (χ1n) is 9.20. The number of hydrogen-bond donors (Lipinski definition) is 0. The SMILES string of the molecule is Cc1nc2cc(C(=O)OCC(=O)N3CCOCC3)ccc2n1-c1ccccc1. The summed E-state index contributed by atoms with van der Waals surface area (Å²) in [7, 11) is 0. The molecule has 0 unspecified atom stereocenters. The highest BCUT2D eigenvalue weighted by molar-refractivity contribution is 5.95. The molecule has 7 nitrogen and oxygen atoms in total. The van der Waals surface area contributed by atoms with Crippen molar-refractivity contribution >= 4 is 22.9 Å². The molecule has 1 aliphatic rings. The fourth-order valence-electron chi connectivity index (χ4n) is 3.35. The van der Waals surface area contributed by atoms with Gasteiger partial charge in [0.1, 0.15) is 5.82 Å². The molecule has 7 heteroatoms. The van der Waals surface area contributed by atoms with Crippen molar-refractivity contribution in [1.29, 1.82) is 0 Å². The summed E-state index contributed by atoms with van der Waals surface area (Å²) in [5.41, 5.74) is 2.99. The van der Waals surface area contributed by atoms with Crippen LogP contribution in [-0.2, 0) is 14.3 Å². The van der Waals surface area contributed by atoms with E-state index in [1.54, 1.807) is 17.0 Å². The van der Waals surface area contributed by atoms with Crippen LogP contribution in [0.1, 0.15) is 16.2 Å². The lowest BCUT2D eigenvalue weighted by atomic mass is 10.2. The molecule has 1 saturated heterocycles. The van der Waals surface area contributed by atoms with Gasteiger partial charge in [0.15, 0.2) is 6.61 Å². The Kier molecular flexibility index (Phi) is 5.08. The van der Waals surface area contributed by atoms with Crippen LogP contribution in [0.25, 0.3) is 16.7 Å². The van der Waals surface area contributed by atoms with Crippen LogP contribution >= 0.6 is 0 Å².